The fourth-order valence-corrected chi connectivity index (χ4v) is 2.62. The number of amides is 1. The molecule has 0 spiro atoms. The van der Waals surface area contributed by atoms with E-state index < -0.39 is 0 Å². The lowest BCUT2D eigenvalue weighted by Crippen LogP contribution is -2.28. The zero-order valence-electron chi connectivity index (χ0n) is 13.4. The molecule has 1 amide bonds. The first-order chi connectivity index (χ1) is 9.17. The highest BCUT2D eigenvalue weighted by molar-refractivity contribution is 5.76. The Bertz CT molecular complexity index is 449. The average molecular weight is 276 g/mol. The first-order valence-electron chi connectivity index (χ1n) is 7.26. The van der Waals surface area contributed by atoms with Crippen LogP contribution in [0.1, 0.15) is 46.1 Å². The van der Waals surface area contributed by atoms with Gasteiger partial charge in [-0.1, -0.05) is 39.8 Å². The summed E-state index contributed by atoms with van der Waals surface area (Å²) in [5, 5.41) is 0. The predicted octanol–water partition coefficient (Wildman–Crippen LogP) is 3.69. The third-order valence-corrected chi connectivity index (χ3v) is 3.28. The van der Waals surface area contributed by atoms with Crippen molar-refractivity contribution in [1.82, 2.24) is 4.90 Å². The summed E-state index contributed by atoms with van der Waals surface area (Å²) in [5.41, 5.74) is 7.84. The zero-order valence-corrected chi connectivity index (χ0v) is 13.4. The van der Waals surface area contributed by atoms with Crippen LogP contribution in [0.2, 0.25) is 0 Å². The van der Waals surface area contributed by atoms with E-state index in [4.69, 9.17) is 5.73 Å². The topological polar surface area (TPSA) is 46.3 Å². The number of hydrogen-bond donors (Lipinski definition) is 1. The molecule has 0 aliphatic rings. The van der Waals surface area contributed by atoms with E-state index in [0.29, 0.717) is 18.9 Å². The van der Waals surface area contributed by atoms with Crippen molar-refractivity contribution in [2.24, 2.45) is 11.3 Å². The highest BCUT2D eigenvalue weighted by Gasteiger charge is 2.19. The molecule has 3 nitrogen and oxygen atoms in total. The first kappa shape index (κ1) is 16.5. The van der Waals surface area contributed by atoms with E-state index in [9.17, 15) is 4.79 Å². The molecule has 0 aliphatic carbocycles. The Morgan fingerprint density at radius 1 is 1.35 bits per heavy atom. The first-order valence-corrected chi connectivity index (χ1v) is 7.26. The van der Waals surface area contributed by atoms with Crippen molar-refractivity contribution in [3.63, 3.8) is 0 Å². The van der Waals surface area contributed by atoms with Crippen LogP contribution in [-0.2, 0) is 11.3 Å². The molecule has 0 radical (unpaired) electrons. The van der Waals surface area contributed by atoms with Gasteiger partial charge in [-0.25, -0.2) is 0 Å². The summed E-state index contributed by atoms with van der Waals surface area (Å²) < 4.78 is 0. The molecule has 0 bridgehead atoms. The Hall–Kier alpha value is -1.51. The van der Waals surface area contributed by atoms with Crippen molar-refractivity contribution < 1.29 is 4.79 Å². The van der Waals surface area contributed by atoms with Gasteiger partial charge in [0.2, 0.25) is 5.91 Å². The van der Waals surface area contributed by atoms with Crippen molar-refractivity contribution in [3.05, 3.63) is 29.8 Å². The summed E-state index contributed by atoms with van der Waals surface area (Å²) in [5.74, 6) is 0.606. The predicted molar refractivity (Wildman–Crippen MR) is 85.2 cm³/mol. The van der Waals surface area contributed by atoms with Crippen molar-refractivity contribution in [3.8, 4) is 0 Å². The summed E-state index contributed by atoms with van der Waals surface area (Å²) in [6, 6.07) is 7.70. The molecular formula is C17H28N2O. The van der Waals surface area contributed by atoms with Crippen molar-refractivity contribution in [2.45, 2.75) is 47.1 Å². The molecule has 1 unspecified atom stereocenters. The summed E-state index contributed by atoms with van der Waals surface area (Å²) >= 11 is 0. The zero-order chi connectivity index (χ0) is 15.3. The van der Waals surface area contributed by atoms with Crippen LogP contribution in [0.25, 0.3) is 0 Å². The van der Waals surface area contributed by atoms with E-state index in [1.54, 1.807) is 4.90 Å². The number of hydrogen-bond acceptors (Lipinski definition) is 2. The van der Waals surface area contributed by atoms with Crippen LogP contribution >= 0.6 is 0 Å². The molecular weight excluding hydrogens is 248 g/mol. The van der Waals surface area contributed by atoms with Gasteiger partial charge in [-0.3, -0.25) is 4.79 Å². The number of carbonyl (C=O) groups is 1. The van der Waals surface area contributed by atoms with E-state index in [2.05, 4.69) is 27.7 Å². The Balaban J connectivity index is 2.51. The third kappa shape index (κ3) is 6.09. The number of benzene rings is 1. The van der Waals surface area contributed by atoms with Crippen molar-refractivity contribution >= 4 is 11.6 Å². The van der Waals surface area contributed by atoms with Crippen molar-refractivity contribution in [1.29, 1.82) is 0 Å². The second-order valence-corrected chi connectivity index (χ2v) is 7.07. The van der Waals surface area contributed by atoms with Gasteiger partial charge < -0.3 is 10.6 Å². The number of anilines is 1. The molecule has 1 aromatic rings. The number of nitrogen functional groups attached to an aromatic ring is 1. The van der Waals surface area contributed by atoms with Crippen LogP contribution in [-0.4, -0.2) is 17.9 Å². The Morgan fingerprint density at radius 3 is 2.55 bits per heavy atom. The fraction of sp³-hybridized carbons (Fsp3) is 0.588. The number of nitrogens with two attached hydrogens (primary N) is 1. The molecule has 20 heavy (non-hydrogen) atoms. The molecule has 0 saturated carbocycles. The molecule has 0 aliphatic heterocycles. The van der Waals surface area contributed by atoms with Gasteiger partial charge in [0, 0.05) is 25.7 Å². The van der Waals surface area contributed by atoms with Gasteiger partial charge in [-0.05, 0) is 35.4 Å². The largest absolute Gasteiger partial charge is 0.399 e. The molecule has 0 fully saturated rings. The normalized spacial score (nSPS) is 13.1. The number of carbonyl (C=O) groups excluding carboxylic acids is 1. The van der Waals surface area contributed by atoms with Gasteiger partial charge in [0.05, 0.1) is 0 Å². The van der Waals surface area contributed by atoms with Crippen LogP contribution in [0, 0.1) is 11.3 Å². The van der Waals surface area contributed by atoms with Gasteiger partial charge in [0.25, 0.3) is 0 Å². The van der Waals surface area contributed by atoms with E-state index in [-0.39, 0.29) is 11.3 Å². The minimum atomic E-state index is 0.198. The maximum absolute atomic E-state index is 12.2. The number of rotatable bonds is 5. The van der Waals surface area contributed by atoms with Crippen LogP contribution < -0.4 is 5.73 Å². The lowest BCUT2D eigenvalue weighted by Gasteiger charge is -2.25. The third-order valence-electron chi connectivity index (χ3n) is 3.28. The van der Waals surface area contributed by atoms with Gasteiger partial charge in [0.15, 0.2) is 0 Å². The molecule has 1 aromatic carbocycles. The highest BCUT2D eigenvalue weighted by atomic mass is 16.2. The van der Waals surface area contributed by atoms with Crippen LogP contribution in [0.4, 0.5) is 5.69 Å². The monoisotopic (exact) mass is 276 g/mol. The summed E-state index contributed by atoms with van der Waals surface area (Å²) in [6.45, 7) is 9.41. The van der Waals surface area contributed by atoms with E-state index >= 15 is 0 Å². The Labute approximate surface area is 123 Å². The van der Waals surface area contributed by atoms with Crippen LogP contribution in [0.15, 0.2) is 24.3 Å². The smallest absolute Gasteiger partial charge is 0.222 e. The summed E-state index contributed by atoms with van der Waals surface area (Å²) in [6.07, 6.45) is 1.67. The van der Waals surface area contributed by atoms with E-state index in [0.717, 1.165) is 17.7 Å². The lowest BCUT2D eigenvalue weighted by molar-refractivity contribution is -0.131. The van der Waals surface area contributed by atoms with E-state index in [1.807, 2.05) is 31.3 Å². The minimum Gasteiger partial charge on any atom is -0.399 e. The molecule has 112 valence electrons. The minimum absolute atomic E-state index is 0.198. The molecule has 0 aromatic heterocycles. The highest BCUT2D eigenvalue weighted by Crippen LogP contribution is 2.26. The molecule has 0 heterocycles. The molecule has 3 heteroatoms. The Morgan fingerprint density at radius 2 is 2.00 bits per heavy atom. The van der Waals surface area contributed by atoms with Gasteiger partial charge in [-0.2, -0.15) is 0 Å². The molecule has 0 saturated heterocycles. The van der Waals surface area contributed by atoms with Gasteiger partial charge >= 0.3 is 0 Å². The molecule has 2 N–H and O–H groups in total. The fourth-order valence-electron chi connectivity index (χ4n) is 2.62. The van der Waals surface area contributed by atoms with Crippen LogP contribution in [0.3, 0.4) is 0 Å². The standard InChI is InChI=1S/C17H28N2O/c1-13(11-17(2,3)4)9-16(20)19(5)12-14-7-6-8-15(18)10-14/h6-8,10,13H,9,11-12,18H2,1-5H3. The second kappa shape index (κ2) is 6.78. The molecule has 1 atom stereocenters. The molecule has 1 rings (SSSR count). The SMILES string of the molecule is CC(CC(=O)N(C)Cc1cccc(N)c1)CC(C)(C)C. The quantitative estimate of drug-likeness (QED) is 0.834. The van der Waals surface area contributed by atoms with Gasteiger partial charge in [0.1, 0.15) is 0 Å². The maximum Gasteiger partial charge on any atom is 0.222 e. The lowest BCUT2D eigenvalue weighted by atomic mass is 9.84. The average Bonchev–Trinajstić information content (AvgIpc) is 2.25. The number of nitrogens with zero attached hydrogens (tertiary/aromatic N) is 1. The van der Waals surface area contributed by atoms with Crippen molar-refractivity contribution in [2.75, 3.05) is 12.8 Å². The Kier molecular flexibility index (Phi) is 5.61. The summed E-state index contributed by atoms with van der Waals surface area (Å²) in [4.78, 5) is 14.0. The maximum atomic E-state index is 12.2. The van der Waals surface area contributed by atoms with E-state index in [1.165, 1.54) is 0 Å². The summed E-state index contributed by atoms with van der Waals surface area (Å²) in [7, 11) is 1.86. The van der Waals surface area contributed by atoms with Crippen LogP contribution in [0.5, 0.6) is 0 Å². The van der Waals surface area contributed by atoms with Gasteiger partial charge in [-0.15, -0.1) is 0 Å². The second-order valence-electron chi connectivity index (χ2n) is 7.07.